The fourth-order valence-electron chi connectivity index (χ4n) is 3.16. The second kappa shape index (κ2) is 7.37. The Morgan fingerprint density at radius 2 is 1.66 bits per heavy atom. The van der Waals surface area contributed by atoms with Crippen molar-refractivity contribution in [2.24, 2.45) is 0 Å². The maximum absolute atomic E-state index is 13.2. The Labute approximate surface area is 169 Å². The molecule has 6 nitrogen and oxygen atoms in total. The van der Waals surface area contributed by atoms with Crippen molar-refractivity contribution in [2.45, 2.75) is 6.92 Å². The van der Waals surface area contributed by atoms with Crippen molar-refractivity contribution in [1.29, 1.82) is 0 Å². The highest BCUT2D eigenvalue weighted by molar-refractivity contribution is 7.23. The van der Waals surface area contributed by atoms with Gasteiger partial charge in [-0.15, -0.1) is 0 Å². The average molecular weight is 404 g/mol. The third-order valence-electron chi connectivity index (χ3n) is 4.52. The Hall–Kier alpha value is -3.71. The average Bonchev–Trinajstić information content (AvgIpc) is 3.06. The number of benzene rings is 2. The van der Waals surface area contributed by atoms with Crippen LogP contribution in [0.4, 0.5) is 9.80 Å². The summed E-state index contributed by atoms with van der Waals surface area (Å²) in [5.41, 5.74) is 2.11. The summed E-state index contributed by atoms with van der Waals surface area (Å²) in [6, 6.07) is 19.0. The van der Waals surface area contributed by atoms with Gasteiger partial charge in [0.15, 0.2) is 5.78 Å². The zero-order valence-corrected chi connectivity index (χ0v) is 16.2. The van der Waals surface area contributed by atoms with E-state index in [1.54, 1.807) is 36.4 Å². The molecule has 4 aromatic rings. The molecule has 2 heterocycles. The topological polar surface area (TPSA) is 88.4 Å². The van der Waals surface area contributed by atoms with Crippen LogP contribution in [0.15, 0.2) is 71.5 Å². The molecule has 0 saturated heterocycles. The zero-order valence-electron chi connectivity index (χ0n) is 15.4. The minimum atomic E-state index is -1.28. The highest BCUT2D eigenvalue weighted by Gasteiger charge is 2.24. The van der Waals surface area contributed by atoms with Gasteiger partial charge in [0, 0.05) is 17.0 Å². The van der Waals surface area contributed by atoms with Crippen LogP contribution in [0.2, 0.25) is 0 Å². The van der Waals surface area contributed by atoms with Gasteiger partial charge < -0.3 is 5.11 Å². The van der Waals surface area contributed by atoms with Gasteiger partial charge in [0.1, 0.15) is 9.83 Å². The van der Waals surface area contributed by atoms with Crippen LogP contribution in [-0.4, -0.2) is 21.6 Å². The van der Waals surface area contributed by atoms with Crippen LogP contribution in [0.5, 0.6) is 0 Å². The third-order valence-corrected chi connectivity index (χ3v) is 5.62. The fraction of sp³-hybridized carbons (Fsp3) is 0.0455. The molecule has 2 aromatic heterocycles. The molecule has 0 unspecified atom stereocenters. The summed E-state index contributed by atoms with van der Waals surface area (Å²) in [6.07, 6.45) is -1.28. The number of fused-ring (bicyclic) bond motifs is 1. The number of hydrogen-bond acceptors (Lipinski definition) is 4. The van der Waals surface area contributed by atoms with E-state index in [1.807, 2.05) is 31.2 Å². The van der Waals surface area contributed by atoms with Crippen molar-refractivity contribution >= 4 is 38.4 Å². The van der Waals surface area contributed by atoms with Gasteiger partial charge in [-0.25, -0.2) is 4.79 Å². The van der Waals surface area contributed by atoms with E-state index in [0.717, 1.165) is 16.9 Å². The normalized spacial score (nSPS) is 10.8. The van der Waals surface area contributed by atoms with Gasteiger partial charge in [-0.3, -0.25) is 19.5 Å². The number of anilines is 1. The zero-order chi connectivity index (χ0) is 20.5. The fourth-order valence-corrected chi connectivity index (χ4v) is 4.37. The third kappa shape index (κ3) is 3.43. The number of aryl methyl sites for hydroxylation is 1. The van der Waals surface area contributed by atoms with Crippen molar-refractivity contribution in [1.82, 2.24) is 4.57 Å². The van der Waals surface area contributed by atoms with Crippen LogP contribution < -0.4 is 10.9 Å². The lowest BCUT2D eigenvalue weighted by molar-refractivity contribution is 0.104. The maximum Gasteiger partial charge on any atom is 0.409 e. The Balaban J connectivity index is 2.01. The molecule has 2 N–H and O–H groups in total. The first-order valence-corrected chi connectivity index (χ1v) is 9.62. The van der Waals surface area contributed by atoms with Crippen LogP contribution in [0.1, 0.15) is 21.5 Å². The molecule has 0 aliphatic heterocycles. The van der Waals surface area contributed by atoms with Gasteiger partial charge >= 0.3 is 6.09 Å². The number of carboxylic acid groups (broad SMARTS) is 1. The van der Waals surface area contributed by atoms with Crippen molar-refractivity contribution < 1.29 is 14.7 Å². The summed E-state index contributed by atoms with van der Waals surface area (Å²) in [5.74, 6) is -0.310. The van der Waals surface area contributed by atoms with E-state index in [1.165, 1.54) is 10.6 Å². The molecule has 1 amide bonds. The molecule has 0 spiro atoms. The van der Waals surface area contributed by atoms with Crippen LogP contribution in [0.3, 0.4) is 0 Å². The van der Waals surface area contributed by atoms with Crippen molar-refractivity contribution in [3.8, 4) is 5.69 Å². The predicted octanol–water partition coefficient (Wildman–Crippen LogP) is 4.68. The summed E-state index contributed by atoms with van der Waals surface area (Å²) >= 11 is 1.07. The number of rotatable bonds is 4. The van der Waals surface area contributed by atoms with Gasteiger partial charge in [-0.05, 0) is 25.1 Å². The van der Waals surface area contributed by atoms with Crippen LogP contribution in [0, 0.1) is 6.92 Å². The molecular formula is C22H16N2O4S. The molecule has 0 saturated carbocycles. The standard InChI is InChI=1S/C22H16N2O4S/c1-13-7-9-15(10-8-13)24-17(25)12-11-16-18(19(26)14-5-3-2-4-6-14)20(23-22(27)28)29-21(16)24/h2-12,23H,1H3,(H,27,28). The first-order valence-electron chi connectivity index (χ1n) is 8.81. The lowest BCUT2D eigenvalue weighted by Crippen LogP contribution is -2.16. The SMILES string of the molecule is Cc1ccc(-n2c(=O)ccc3c(C(=O)c4ccccc4)c(NC(=O)O)sc32)cc1. The van der Waals surface area contributed by atoms with Crippen molar-refractivity contribution in [2.75, 3.05) is 5.32 Å². The highest BCUT2D eigenvalue weighted by Crippen LogP contribution is 2.37. The monoisotopic (exact) mass is 404 g/mol. The molecule has 144 valence electrons. The number of nitrogens with zero attached hydrogens (tertiary/aromatic N) is 1. The van der Waals surface area contributed by atoms with E-state index in [-0.39, 0.29) is 21.9 Å². The number of pyridine rings is 1. The molecule has 0 bridgehead atoms. The van der Waals surface area contributed by atoms with E-state index in [0.29, 0.717) is 21.5 Å². The Kier molecular flexibility index (Phi) is 4.74. The molecule has 0 radical (unpaired) electrons. The number of amides is 1. The first-order chi connectivity index (χ1) is 14.0. The summed E-state index contributed by atoms with van der Waals surface area (Å²) in [7, 11) is 0. The lowest BCUT2D eigenvalue weighted by atomic mass is 10.0. The summed E-state index contributed by atoms with van der Waals surface area (Å²) < 4.78 is 1.49. The van der Waals surface area contributed by atoms with Gasteiger partial charge in [0.2, 0.25) is 0 Å². The predicted molar refractivity (Wildman–Crippen MR) is 114 cm³/mol. The van der Waals surface area contributed by atoms with Gasteiger partial charge in [-0.1, -0.05) is 59.4 Å². The second-order valence-corrected chi connectivity index (χ2v) is 7.49. The van der Waals surface area contributed by atoms with E-state index in [4.69, 9.17) is 0 Å². The quantitative estimate of drug-likeness (QED) is 0.483. The van der Waals surface area contributed by atoms with E-state index in [9.17, 15) is 19.5 Å². The van der Waals surface area contributed by atoms with E-state index < -0.39 is 6.09 Å². The summed E-state index contributed by atoms with van der Waals surface area (Å²) in [5, 5.41) is 12.3. The minimum absolute atomic E-state index is 0.188. The maximum atomic E-state index is 13.2. The summed E-state index contributed by atoms with van der Waals surface area (Å²) in [6.45, 7) is 1.95. The number of aromatic nitrogens is 1. The lowest BCUT2D eigenvalue weighted by Gasteiger charge is -2.08. The molecule has 0 aliphatic carbocycles. The molecular weight excluding hydrogens is 388 g/mol. The number of carbonyl (C=O) groups excluding carboxylic acids is 1. The molecule has 0 fully saturated rings. The molecule has 7 heteroatoms. The Bertz CT molecular complexity index is 1290. The number of carbonyl (C=O) groups is 2. The molecule has 0 atom stereocenters. The number of ketones is 1. The molecule has 29 heavy (non-hydrogen) atoms. The van der Waals surface area contributed by atoms with E-state index >= 15 is 0 Å². The Morgan fingerprint density at radius 1 is 0.966 bits per heavy atom. The van der Waals surface area contributed by atoms with Gasteiger partial charge in [0.05, 0.1) is 11.3 Å². The first kappa shape index (κ1) is 18.6. The number of nitrogens with one attached hydrogen (secondary N) is 1. The summed E-state index contributed by atoms with van der Waals surface area (Å²) in [4.78, 5) is 37.7. The molecule has 0 aliphatic rings. The highest BCUT2D eigenvalue weighted by atomic mass is 32.1. The molecule has 2 aromatic carbocycles. The van der Waals surface area contributed by atoms with Crippen LogP contribution in [-0.2, 0) is 0 Å². The number of thiophene rings is 1. The van der Waals surface area contributed by atoms with E-state index in [2.05, 4.69) is 5.32 Å². The van der Waals surface area contributed by atoms with Crippen molar-refractivity contribution in [3.63, 3.8) is 0 Å². The van der Waals surface area contributed by atoms with Crippen LogP contribution >= 0.6 is 11.3 Å². The second-order valence-electron chi connectivity index (χ2n) is 6.49. The Morgan fingerprint density at radius 3 is 2.31 bits per heavy atom. The van der Waals surface area contributed by atoms with Gasteiger partial charge in [-0.2, -0.15) is 0 Å². The van der Waals surface area contributed by atoms with Crippen LogP contribution in [0.25, 0.3) is 15.9 Å². The largest absolute Gasteiger partial charge is 0.465 e. The molecule has 4 rings (SSSR count). The van der Waals surface area contributed by atoms with Crippen molar-refractivity contribution in [3.05, 3.63) is 93.8 Å². The minimum Gasteiger partial charge on any atom is -0.465 e. The number of hydrogen-bond donors (Lipinski definition) is 2. The smallest absolute Gasteiger partial charge is 0.409 e. The van der Waals surface area contributed by atoms with Gasteiger partial charge in [0.25, 0.3) is 5.56 Å².